The Hall–Kier alpha value is -2.51. The number of carbonyl (C=O) groups excluding carboxylic acids is 1. The Morgan fingerprint density at radius 3 is 2.76 bits per heavy atom. The van der Waals surface area contributed by atoms with Crippen molar-refractivity contribution in [3.8, 4) is 17.6 Å². The Labute approximate surface area is 127 Å². The molecule has 0 unspecified atom stereocenters. The van der Waals surface area contributed by atoms with Gasteiger partial charge in [-0.05, 0) is 29.8 Å². The van der Waals surface area contributed by atoms with Gasteiger partial charge in [-0.3, -0.25) is 4.79 Å². The molecule has 0 aliphatic carbocycles. The molecule has 0 fully saturated rings. The normalized spacial score (nSPS) is 9.76. The first-order valence-corrected chi connectivity index (χ1v) is 6.51. The van der Waals surface area contributed by atoms with Gasteiger partial charge in [-0.1, -0.05) is 23.7 Å². The van der Waals surface area contributed by atoms with Gasteiger partial charge in [0, 0.05) is 0 Å². The summed E-state index contributed by atoms with van der Waals surface area (Å²) in [6, 6.07) is 12.2. The Balaban J connectivity index is 2.19. The molecule has 0 atom stereocenters. The van der Waals surface area contributed by atoms with Gasteiger partial charge in [-0.15, -0.1) is 0 Å². The zero-order valence-electron chi connectivity index (χ0n) is 11.3. The van der Waals surface area contributed by atoms with E-state index in [2.05, 4.69) is 0 Å². The summed E-state index contributed by atoms with van der Waals surface area (Å²) < 4.78 is 10.8. The maximum atomic E-state index is 11.0. The highest BCUT2D eigenvalue weighted by Gasteiger charge is 2.08. The van der Waals surface area contributed by atoms with Crippen molar-refractivity contribution in [1.29, 1.82) is 5.26 Å². The second-order valence-corrected chi connectivity index (χ2v) is 4.61. The van der Waals surface area contributed by atoms with E-state index in [1.165, 1.54) is 7.11 Å². The molecule has 0 aliphatic rings. The first-order valence-electron chi connectivity index (χ1n) is 6.13. The maximum Gasteiger partial charge on any atom is 0.155 e. The van der Waals surface area contributed by atoms with E-state index in [4.69, 9.17) is 26.3 Å². The Bertz CT molecular complexity index is 707. The van der Waals surface area contributed by atoms with E-state index < -0.39 is 0 Å². The summed E-state index contributed by atoms with van der Waals surface area (Å²) in [7, 11) is 1.50. The molecule has 2 aromatic rings. The molecule has 0 bridgehead atoms. The molecular weight excluding hydrogens is 290 g/mol. The van der Waals surface area contributed by atoms with Gasteiger partial charge in [-0.25, -0.2) is 0 Å². The van der Waals surface area contributed by atoms with Gasteiger partial charge in [0.15, 0.2) is 6.29 Å². The van der Waals surface area contributed by atoms with Gasteiger partial charge in [0.2, 0.25) is 0 Å². The van der Waals surface area contributed by atoms with Gasteiger partial charge in [0.25, 0.3) is 0 Å². The highest BCUT2D eigenvalue weighted by Crippen LogP contribution is 2.26. The zero-order chi connectivity index (χ0) is 15.2. The Kier molecular flexibility index (Phi) is 4.81. The monoisotopic (exact) mass is 301 g/mol. The minimum Gasteiger partial charge on any atom is -0.495 e. The number of carbonyl (C=O) groups is 1. The van der Waals surface area contributed by atoms with E-state index in [-0.39, 0.29) is 6.61 Å². The van der Waals surface area contributed by atoms with Crippen molar-refractivity contribution < 1.29 is 14.3 Å². The zero-order valence-corrected chi connectivity index (χ0v) is 12.1. The highest BCUT2D eigenvalue weighted by molar-refractivity contribution is 6.33. The molecule has 106 valence electrons. The van der Waals surface area contributed by atoms with Crippen molar-refractivity contribution in [3.05, 3.63) is 58.1 Å². The van der Waals surface area contributed by atoms with Crippen LogP contribution < -0.4 is 9.47 Å². The van der Waals surface area contributed by atoms with Crippen molar-refractivity contribution in [2.45, 2.75) is 6.61 Å². The van der Waals surface area contributed by atoms with Crippen LogP contribution in [-0.4, -0.2) is 13.4 Å². The van der Waals surface area contributed by atoms with E-state index in [1.54, 1.807) is 36.4 Å². The fraction of sp³-hybridized carbons (Fsp3) is 0.125. The van der Waals surface area contributed by atoms with E-state index in [0.29, 0.717) is 33.9 Å². The summed E-state index contributed by atoms with van der Waals surface area (Å²) in [5.41, 5.74) is 1.60. The molecule has 21 heavy (non-hydrogen) atoms. The third-order valence-electron chi connectivity index (χ3n) is 2.91. The number of halogens is 1. The van der Waals surface area contributed by atoms with Gasteiger partial charge < -0.3 is 9.47 Å². The molecule has 0 amide bonds. The molecule has 2 rings (SSSR count). The van der Waals surface area contributed by atoms with Gasteiger partial charge in [0.1, 0.15) is 24.2 Å². The van der Waals surface area contributed by atoms with E-state index in [0.717, 1.165) is 5.56 Å². The Morgan fingerprint density at radius 1 is 1.29 bits per heavy atom. The number of hydrogen-bond acceptors (Lipinski definition) is 4. The fourth-order valence-electron chi connectivity index (χ4n) is 1.84. The molecule has 0 spiro atoms. The molecule has 0 heterocycles. The highest BCUT2D eigenvalue weighted by atomic mass is 35.5. The summed E-state index contributed by atoms with van der Waals surface area (Å²) in [6.07, 6.45) is 0.664. The average Bonchev–Trinajstić information content (AvgIpc) is 2.52. The van der Waals surface area contributed by atoms with Gasteiger partial charge in [0.05, 0.1) is 23.3 Å². The third kappa shape index (κ3) is 3.33. The van der Waals surface area contributed by atoms with Gasteiger partial charge in [-0.2, -0.15) is 5.26 Å². The largest absolute Gasteiger partial charge is 0.495 e. The number of methoxy groups -OCH3 is 1. The van der Waals surface area contributed by atoms with Crippen LogP contribution in [0, 0.1) is 11.3 Å². The lowest BCUT2D eigenvalue weighted by molar-refractivity contribution is 0.111. The van der Waals surface area contributed by atoms with Gasteiger partial charge >= 0.3 is 0 Å². The lowest BCUT2D eigenvalue weighted by atomic mass is 10.1. The lowest BCUT2D eigenvalue weighted by Gasteiger charge is -2.10. The second-order valence-electron chi connectivity index (χ2n) is 4.20. The van der Waals surface area contributed by atoms with Crippen LogP contribution in [0.25, 0.3) is 0 Å². The van der Waals surface area contributed by atoms with Crippen LogP contribution in [0.1, 0.15) is 21.5 Å². The van der Waals surface area contributed by atoms with Crippen LogP contribution in [-0.2, 0) is 6.61 Å². The predicted octanol–water partition coefficient (Wildman–Crippen LogP) is 3.61. The standard InChI is InChI=1S/C16H12ClNO3/c1-20-16-7-11(5-6-12(16)8-18)10-21-15-4-2-3-14(17)13(15)9-19/h2-7,9H,10H2,1H3. The number of aldehydes is 1. The molecule has 0 radical (unpaired) electrons. The summed E-state index contributed by atoms with van der Waals surface area (Å²) in [5.74, 6) is 0.904. The van der Waals surface area contributed by atoms with Crippen LogP contribution >= 0.6 is 11.6 Å². The smallest absolute Gasteiger partial charge is 0.155 e. The average molecular weight is 302 g/mol. The fourth-order valence-corrected chi connectivity index (χ4v) is 2.05. The number of rotatable bonds is 5. The van der Waals surface area contributed by atoms with Crippen molar-refractivity contribution in [1.82, 2.24) is 0 Å². The van der Waals surface area contributed by atoms with Crippen molar-refractivity contribution in [3.63, 3.8) is 0 Å². The minimum absolute atomic E-state index is 0.239. The van der Waals surface area contributed by atoms with Crippen molar-refractivity contribution >= 4 is 17.9 Å². The van der Waals surface area contributed by atoms with Crippen molar-refractivity contribution in [2.24, 2.45) is 0 Å². The summed E-state index contributed by atoms with van der Waals surface area (Å²) >= 11 is 5.93. The summed E-state index contributed by atoms with van der Waals surface area (Å²) in [6.45, 7) is 0.239. The number of nitriles is 1. The summed E-state index contributed by atoms with van der Waals surface area (Å²) in [5, 5.41) is 9.28. The van der Waals surface area contributed by atoms with Crippen LogP contribution in [0.15, 0.2) is 36.4 Å². The molecular formula is C16H12ClNO3. The lowest BCUT2D eigenvalue weighted by Crippen LogP contribution is -2.00. The molecule has 5 heteroatoms. The molecule has 4 nitrogen and oxygen atoms in total. The van der Waals surface area contributed by atoms with Crippen LogP contribution in [0.5, 0.6) is 11.5 Å². The molecule has 2 aromatic carbocycles. The number of benzene rings is 2. The molecule has 0 aliphatic heterocycles. The van der Waals surface area contributed by atoms with Crippen molar-refractivity contribution in [2.75, 3.05) is 7.11 Å². The first-order chi connectivity index (χ1) is 10.2. The number of ether oxygens (including phenoxy) is 2. The SMILES string of the molecule is COc1cc(COc2cccc(Cl)c2C=O)ccc1C#N. The quantitative estimate of drug-likeness (QED) is 0.792. The maximum absolute atomic E-state index is 11.0. The second kappa shape index (κ2) is 6.78. The first kappa shape index (κ1) is 14.9. The number of nitrogens with zero attached hydrogens (tertiary/aromatic N) is 1. The molecule has 0 aromatic heterocycles. The predicted molar refractivity (Wildman–Crippen MR) is 78.9 cm³/mol. The summed E-state index contributed by atoms with van der Waals surface area (Å²) in [4.78, 5) is 11.0. The minimum atomic E-state index is 0.239. The third-order valence-corrected chi connectivity index (χ3v) is 3.24. The van der Waals surface area contributed by atoms with E-state index in [9.17, 15) is 4.79 Å². The van der Waals surface area contributed by atoms with Crippen LogP contribution in [0.3, 0.4) is 0 Å². The Morgan fingerprint density at radius 2 is 2.10 bits per heavy atom. The number of hydrogen-bond donors (Lipinski definition) is 0. The molecule has 0 N–H and O–H groups in total. The molecule has 0 saturated carbocycles. The van der Waals surface area contributed by atoms with Crippen LogP contribution in [0.2, 0.25) is 5.02 Å². The molecule has 0 saturated heterocycles. The van der Waals surface area contributed by atoms with Crippen LogP contribution in [0.4, 0.5) is 0 Å². The van der Waals surface area contributed by atoms with E-state index >= 15 is 0 Å². The van der Waals surface area contributed by atoms with E-state index in [1.807, 2.05) is 6.07 Å². The topological polar surface area (TPSA) is 59.3 Å².